The maximum Gasteiger partial charge on any atom is 0.166 e. The first-order chi connectivity index (χ1) is 15.7. The first kappa shape index (κ1) is 22.2. The highest BCUT2D eigenvalue weighted by Crippen LogP contribution is 2.55. The van der Waals surface area contributed by atoms with Crippen molar-refractivity contribution in [3.05, 3.63) is 35.4 Å². The van der Waals surface area contributed by atoms with Crippen LogP contribution in [0.3, 0.4) is 0 Å². The minimum absolute atomic E-state index is 0.00212. The van der Waals surface area contributed by atoms with Crippen molar-refractivity contribution < 1.29 is 14.6 Å². The molecule has 3 atom stereocenters. The van der Waals surface area contributed by atoms with E-state index in [4.69, 9.17) is 9.47 Å². The van der Waals surface area contributed by atoms with E-state index in [9.17, 15) is 5.11 Å². The summed E-state index contributed by atoms with van der Waals surface area (Å²) >= 11 is 0. The molecule has 1 fully saturated rings. The summed E-state index contributed by atoms with van der Waals surface area (Å²) in [6.45, 7) is 7.15. The molecule has 5 heteroatoms. The van der Waals surface area contributed by atoms with Gasteiger partial charge < -0.3 is 19.5 Å². The number of unbranched alkanes of at least 4 members (excludes halogenated alkanes) is 3. The predicted octanol–water partition coefficient (Wildman–Crippen LogP) is 4.27. The molecule has 4 aliphatic rings. The monoisotopic (exact) mass is 440 g/mol. The van der Waals surface area contributed by atoms with Crippen LogP contribution in [0.5, 0.6) is 11.5 Å². The Morgan fingerprint density at radius 2 is 1.81 bits per heavy atom. The van der Waals surface area contributed by atoms with E-state index in [0.29, 0.717) is 6.42 Å². The molecule has 5 nitrogen and oxygen atoms in total. The van der Waals surface area contributed by atoms with Gasteiger partial charge in [-0.1, -0.05) is 37.5 Å². The van der Waals surface area contributed by atoms with Crippen LogP contribution in [0, 0.1) is 0 Å². The smallest absolute Gasteiger partial charge is 0.166 e. The third kappa shape index (κ3) is 4.32. The Morgan fingerprint density at radius 1 is 1.03 bits per heavy atom. The van der Waals surface area contributed by atoms with E-state index < -0.39 is 6.10 Å². The summed E-state index contributed by atoms with van der Waals surface area (Å²) in [7, 11) is 1.72. The van der Waals surface area contributed by atoms with Crippen LogP contribution in [-0.2, 0) is 12.0 Å². The molecule has 1 aromatic carbocycles. The van der Waals surface area contributed by atoms with Crippen molar-refractivity contribution in [2.75, 3.05) is 39.8 Å². The van der Waals surface area contributed by atoms with Crippen molar-refractivity contribution in [3.8, 4) is 11.5 Å². The van der Waals surface area contributed by atoms with Crippen LogP contribution in [0.1, 0.15) is 68.9 Å². The van der Waals surface area contributed by atoms with Gasteiger partial charge >= 0.3 is 0 Å². The predicted molar refractivity (Wildman–Crippen MR) is 128 cm³/mol. The molecule has 3 aliphatic heterocycles. The first-order valence-electron chi connectivity index (χ1n) is 12.9. The molecule has 176 valence electrons. The number of hydrogen-bond acceptors (Lipinski definition) is 5. The maximum atomic E-state index is 10.2. The number of ether oxygens (including phenoxy) is 2. The van der Waals surface area contributed by atoms with Gasteiger partial charge in [0.2, 0.25) is 0 Å². The average Bonchev–Trinajstić information content (AvgIpc) is 3.05. The molecule has 0 amide bonds. The molecule has 0 saturated carbocycles. The minimum atomic E-state index is -0.418. The van der Waals surface area contributed by atoms with Gasteiger partial charge in [0.1, 0.15) is 6.10 Å². The highest BCUT2D eigenvalue weighted by atomic mass is 16.5. The van der Waals surface area contributed by atoms with Crippen LogP contribution in [0.4, 0.5) is 0 Å². The van der Waals surface area contributed by atoms with Crippen molar-refractivity contribution in [2.45, 2.75) is 82.0 Å². The molecule has 1 aliphatic carbocycles. The quantitative estimate of drug-likeness (QED) is 0.483. The maximum absolute atomic E-state index is 10.2. The lowest BCUT2D eigenvalue weighted by Gasteiger charge is -2.36. The Labute approximate surface area is 193 Å². The normalized spacial score (nSPS) is 29.8. The van der Waals surface area contributed by atoms with E-state index in [0.717, 1.165) is 31.0 Å². The summed E-state index contributed by atoms with van der Waals surface area (Å²) in [6, 6.07) is 4.30. The second-order valence-electron chi connectivity index (χ2n) is 10.3. The molecule has 0 bridgehead atoms. The first-order valence-corrected chi connectivity index (χ1v) is 12.9. The zero-order chi connectivity index (χ0) is 22.0. The zero-order valence-electron chi connectivity index (χ0n) is 19.7. The van der Waals surface area contributed by atoms with Crippen LogP contribution in [-0.4, -0.2) is 66.9 Å². The summed E-state index contributed by atoms with van der Waals surface area (Å²) in [5.41, 5.74) is 2.56. The third-order valence-electron chi connectivity index (χ3n) is 8.18. The van der Waals surface area contributed by atoms with E-state index in [1.807, 2.05) is 6.08 Å². The van der Waals surface area contributed by atoms with E-state index in [1.165, 1.54) is 82.3 Å². The van der Waals surface area contributed by atoms with Gasteiger partial charge in [-0.25, -0.2) is 0 Å². The molecule has 0 radical (unpaired) electrons. The van der Waals surface area contributed by atoms with Crippen LogP contribution in [0.2, 0.25) is 0 Å². The fraction of sp³-hybridized carbons (Fsp3) is 0.704. The Balaban J connectivity index is 1.20. The lowest BCUT2D eigenvalue weighted by Crippen LogP contribution is -2.43. The van der Waals surface area contributed by atoms with E-state index in [2.05, 4.69) is 28.0 Å². The lowest BCUT2D eigenvalue weighted by molar-refractivity contribution is 0.0809. The van der Waals surface area contributed by atoms with E-state index in [1.54, 1.807) is 7.11 Å². The molecule has 0 aromatic heterocycles. The molecule has 5 rings (SSSR count). The minimum Gasteiger partial charge on any atom is -0.493 e. The number of hydrogen-bond donors (Lipinski definition) is 1. The Morgan fingerprint density at radius 3 is 2.59 bits per heavy atom. The third-order valence-corrected chi connectivity index (χ3v) is 8.18. The molecule has 3 heterocycles. The Kier molecular flexibility index (Phi) is 6.77. The Bertz CT molecular complexity index is 819. The van der Waals surface area contributed by atoms with Crippen LogP contribution in [0.25, 0.3) is 0 Å². The molecular weight excluding hydrogens is 400 g/mol. The fourth-order valence-corrected chi connectivity index (χ4v) is 6.39. The standard InChI is InChI=1S/C27H40N2O3/c1-31-23-10-9-21-20-29(17-6-3-2-5-14-28-15-7-4-8-16-28)18-13-27-12-11-22(30)19-24(27)32-26(23)25(21)27/h9-12,22,24,30H,2-8,13-20H2,1H3/t22-,24-,27-/m0/s1. The molecule has 1 N–H and O–H groups in total. The number of aliphatic hydroxyl groups is 1. The zero-order valence-corrected chi connectivity index (χ0v) is 19.7. The number of nitrogens with zero attached hydrogens (tertiary/aromatic N) is 2. The van der Waals surface area contributed by atoms with Gasteiger partial charge in [0.15, 0.2) is 11.5 Å². The van der Waals surface area contributed by atoms with Crippen molar-refractivity contribution in [2.24, 2.45) is 0 Å². The van der Waals surface area contributed by atoms with Crippen LogP contribution >= 0.6 is 0 Å². The second kappa shape index (κ2) is 9.74. The van der Waals surface area contributed by atoms with Gasteiger partial charge in [-0.15, -0.1) is 0 Å². The van der Waals surface area contributed by atoms with Gasteiger partial charge in [-0.05, 0) is 76.5 Å². The number of benzene rings is 1. The van der Waals surface area contributed by atoms with Crippen molar-refractivity contribution in [3.63, 3.8) is 0 Å². The topological polar surface area (TPSA) is 45.2 Å². The average molecular weight is 441 g/mol. The molecule has 1 saturated heterocycles. The number of aliphatic hydroxyl groups excluding tert-OH is 1. The SMILES string of the molecule is COc1ccc2c3c1O[C@H]1C[C@@H](O)C=C[C@@]31CCN(CCCCCCN1CCCCC1)C2. The molecular formula is C27H40N2O3. The number of piperidine rings is 1. The van der Waals surface area contributed by atoms with Gasteiger partial charge in [-0.2, -0.15) is 0 Å². The van der Waals surface area contributed by atoms with Crippen LogP contribution < -0.4 is 9.47 Å². The van der Waals surface area contributed by atoms with Crippen LogP contribution in [0.15, 0.2) is 24.3 Å². The van der Waals surface area contributed by atoms with E-state index in [-0.39, 0.29) is 11.5 Å². The summed E-state index contributed by atoms with van der Waals surface area (Å²) < 4.78 is 12.1. The van der Waals surface area contributed by atoms with Crippen molar-refractivity contribution in [1.29, 1.82) is 0 Å². The number of rotatable bonds is 8. The van der Waals surface area contributed by atoms with Gasteiger partial charge in [-0.3, -0.25) is 4.90 Å². The fourth-order valence-electron chi connectivity index (χ4n) is 6.39. The summed E-state index contributed by atoms with van der Waals surface area (Å²) in [5.74, 6) is 1.73. The Hall–Kier alpha value is -1.56. The molecule has 32 heavy (non-hydrogen) atoms. The molecule has 1 aromatic rings. The van der Waals surface area contributed by atoms with Crippen molar-refractivity contribution in [1.82, 2.24) is 9.80 Å². The largest absolute Gasteiger partial charge is 0.493 e. The highest BCUT2D eigenvalue weighted by Gasteiger charge is 2.52. The summed E-state index contributed by atoms with van der Waals surface area (Å²) in [4.78, 5) is 5.29. The van der Waals surface area contributed by atoms with Crippen molar-refractivity contribution >= 4 is 0 Å². The number of likely N-dealkylation sites (tertiary alicyclic amines) is 1. The highest BCUT2D eigenvalue weighted by molar-refractivity contribution is 5.61. The summed E-state index contributed by atoms with van der Waals surface area (Å²) in [6.07, 6.45) is 15.0. The molecule has 0 unspecified atom stereocenters. The van der Waals surface area contributed by atoms with E-state index >= 15 is 0 Å². The summed E-state index contributed by atoms with van der Waals surface area (Å²) in [5, 5.41) is 10.2. The lowest BCUT2D eigenvalue weighted by atomic mass is 9.69. The number of methoxy groups -OCH3 is 1. The second-order valence-corrected chi connectivity index (χ2v) is 10.3. The van der Waals surface area contributed by atoms with Gasteiger partial charge in [0, 0.05) is 18.5 Å². The van der Waals surface area contributed by atoms with Gasteiger partial charge in [0.05, 0.1) is 18.6 Å². The molecule has 1 spiro atoms. The van der Waals surface area contributed by atoms with Gasteiger partial charge in [0.25, 0.3) is 0 Å².